The van der Waals surface area contributed by atoms with Gasteiger partial charge in [-0.15, -0.1) is 0 Å². The Labute approximate surface area is 145 Å². The molecule has 5 heteroatoms. The molecule has 2 aliphatic heterocycles. The van der Waals surface area contributed by atoms with E-state index in [1.165, 1.54) is 37.2 Å². The van der Waals surface area contributed by atoms with Crippen LogP contribution in [0.2, 0.25) is 0 Å². The fourth-order valence-electron chi connectivity index (χ4n) is 3.72. The van der Waals surface area contributed by atoms with Crippen LogP contribution < -0.4 is 10.2 Å². The lowest BCUT2D eigenvalue weighted by Crippen LogP contribution is -2.44. The molecule has 1 saturated heterocycles. The van der Waals surface area contributed by atoms with Gasteiger partial charge in [-0.1, -0.05) is 18.2 Å². The number of aliphatic imine (C=N–C) groups is 1. The zero-order valence-corrected chi connectivity index (χ0v) is 15.0. The van der Waals surface area contributed by atoms with E-state index in [0.717, 1.165) is 44.5 Å². The van der Waals surface area contributed by atoms with Gasteiger partial charge in [-0.3, -0.25) is 4.99 Å². The molecule has 0 radical (unpaired) electrons. The van der Waals surface area contributed by atoms with Crippen LogP contribution in [0.5, 0.6) is 0 Å². The van der Waals surface area contributed by atoms with E-state index in [9.17, 15) is 0 Å². The minimum atomic E-state index is 0.735. The van der Waals surface area contributed by atoms with E-state index in [4.69, 9.17) is 4.74 Å². The molecule has 3 rings (SSSR count). The molecule has 1 fully saturated rings. The van der Waals surface area contributed by atoms with Gasteiger partial charge in [0.25, 0.3) is 0 Å². The smallest absolute Gasteiger partial charge is 0.198 e. The summed E-state index contributed by atoms with van der Waals surface area (Å²) in [5, 5.41) is 3.61. The second kappa shape index (κ2) is 8.49. The molecular weight excluding hydrogens is 300 g/mol. The van der Waals surface area contributed by atoms with Crippen LogP contribution in [0.4, 0.5) is 5.69 Å². The molecule has 0 aromatic heterocycles. The average Bonchev–Trinajstić information content (AvgIpc) is 3.06. The lowest BCUT2D eigenvalue weighted by Gasteiger charge is -2.32. The Balaban J connectivity index is 1.48. The Morgan fingerprint density at radius 1 is 1.25 bits per heavy atom. The van der Waals surface area contributed by atoms with Crippen molar-refractivity contribution in [2.24, 2.45) is 10.9 Å². The Bertz CT molecular complexity index is 552. The van der Waals surface area contributed by atoms with E-state index in [1.807, 2.05) is 7.05 Å². The molecule has 0 amide bonds. The Kier molecular flexibility index (Phi) is 6.10. The highest BCUT2D eigenvalue weighted by Crippen LogP contribution is 2.27. The van der Waals surface area contributed by atoms with Gasteiger partial charge in [0.15, 0.2) is 5.96 Å². The van der Waals surface area contributed by atoms with Crippen molar-refractivity contribution in [3.63, 3.8) is 0 Å². The fraction of sp³-hybridized carbons (Fsp3) is 0.632. The monoisotopic (exact) mass is 330 g/mol. The van der Waals surface area contributed by atoms with Gasteiger partial charge in [-0.05, 0) is 49.9 Å². The number of benzene rings is 1. The first kappa shape index (κ1) is 17.2. The van der Waals surface area contributed by atoms with Gasteiger partial charge in [0.2, 0.25) is 0 Å². The number of rotatable bonds is 5. The summed E-state index contributed by atoms with van der Waals surface area (Å²) in [5.41, 5.74) is 2.73. The summed E-state index contributed by atoms with van der Waals surface area (Å²) in [6.07, 6.45) is 3.61. The zero-order chi connectivity index (χ0) is 16.8. The Morgan fingerprint density at radius 3 is 2.79 bits per heavy atom. The predicted octanol–water partition coefficient (Wildman–Crippen LogP) is 1.98. The summed E-state index contributed by atoms with van der Waals surface area (Å²) in [4.78, 5) is 9.34. The van der Waals surface area contributed by atoms with Crippen molar-refractivity contribution in [3.05, 3.63) is 29.8 Å². The molecule has 0 spiro atoms. The highest BCUT2D eigenvalue weighted by molar-refractivity contribution is 5.97. The van der Waals surface area contributed by atoms with Gasteiger partial charge in [-0.2, -0.15) is 0 Å². The van der Waals surface area contributed by atoms with Gasteiger partial charge >= 0.3 is 0 Å². The minimum absolute atomic E-state index is 0.735. The lowest BCUT2D eigenvalue weighted by atomic mass is 9.97. The summed E-state index contributed by atoms with van der Waals surface area (Å²) in [6.45, 7) is 6.30. The number of methoxy groups -OCH3 is 1. The topological polar surface area (TPSA) is 40.1 Å². The van der Waals surface area contributed by atoms with Crippen LogP contribution in [0, 0.1) is 5.92 Å². The van der Waals surface area contributed by atoms with Crippen LogP contribution in [-0.2, 0) is 11.2 Å². The molecular formula is C19H30N4O. The molecule has 0 unspecified atom stereocenters. The normalized spacial score (nSPS) is 19.6. The summed E-state index contributed by atoms with van der Waals surface area (Å²) < 4.78 is 5.18. The summed E-state index contributed by atoms with van der Waals surface area (Å²) >= 11 is 0. The number of nitrogens with zero attached hydrogens (tertiary/aromatic N) is 3. The molecule has 1 N–H and O–H groups in total. The lowest BCUT2D eigenvalue weighted by molar-refractivity contribution is 0.121. The SMILES string of the molecule is CN=C(NCC1CCN(CCOC)CC1)N1CCc2ccccc21. The second-order valence-corrected chi connectivity index (χ2v) is 6.74. The van der Waals surface area contributed by atoms with E-state index in [2.05, 4.69) is 44.4 Å². The summed E-state index contributed by atoms with van der Waals surface area (Å²) in [6, 6.07) is 8.65. The molecule has 0 bridgehead atoms. The van der Waals surface area contributed by atoms with Crippen LogP contribution in [0.1, 0.15) is 18.4 Å². The van der Waals surface area contributed by atoms with Crippen molar-refractivity contribution in [1.29, 1.82) is 0 Å². The third-order valence-corrected chi connectivity index (χ3v) is 5.22. The maximum absolute atomic E-state index is 5.18. The number of likely N-dealkylation sites (tertiary alicyclic amines) is 1. The standard InChI is InChI=1S/C19H30N4O/c1-20-19(23-12-9-17-5-3-4-6-18(17)23)21-15-16-7-10-22(11-8-16)13-14-24-2/h3-6,16H,7-15H2,1-2H3,(H,20,21). The molecule has 0 saturated carbocycles. The zero-order valence-electron chi connectivity index (χ0n) is 15.0. The van der Waals surface area contributed by atoms with E-state index < -0.39 is 0 Å². The first-order chi connectivity index (χ1) is 11.8. The Morgan fingerprint density at radius 2 is 2.04 bits per heavy atom. The van der Waals surface area contributed by atoms with Crippen molar-refractivity contribution in [3.8, 4) is 0 Å². The molecule has 132 valence electrons. The molecule has 2 heterocycles. The van der Waals surface area contributed by atoms with Gasteiger partial charge < -0.3 is 19.9 Å². The van der Waals surface area contributed by atoms with Crippen molar-refractivity contribution in [2.45, 2.75) is 19.3 Å². The number of para-hydroxylation sites is 1. The molecule has 1 aromatic rings. The molecule has 2 aliphatic rings. The molecule has 5 nitrogen and oxygen atoms in total. The van der Waals surface area contributed by atoms with Crippen LogP contribution in [0.3, 0.4) is 0 Å². The van der Waals surface area contributed by atoms with E-state index >= 15 is 0 Å². The van der Waals surface area contributed by atoms with Crippen molar-refractivity contribution >= 4 is 11.6 Å². The Hall–Kier alpha value is -1.59. The first-order valence-corrected chi connectivity index (χ1v) is 9.09. The van der Waals surface area contributed by atoms with Crippen molar-refractivity contribution in [2.75, 3.05) is 58.4 Å². The quantitative estimate of drug-likeness (QED) is 0.662. The maximum atomic E-state index is 5.18. The van der Waals surface area contributed by atoms with Crippen LogP contribution >= 0.6 is 0 Å². The number of hydrogen-bond donors (Lipinski definition) is 1. The number of anilines is 1. The fourth-order valence-corrected chi connectivity index (χ4v) is 3.72. The van der Waals surface area contributed by atoms with Crippen LogP contribution in [0.15, 0.2) is 29.3 Å². The van der Waals surface area contributed by atoms with Crippen LogP contribution in [-0.4, -0.2) is 64.3 Å². The summed E-state index contributed by atoms with van der Waals surface area (Å²) in [5.74, 6) is 1.75. The molecule has 0 atom stereocenters. The largest absolute Gasteiger partial charge is 0.383 e. The van der Waals surface area contributed by atoms with E-state index in [1.54, 1.807) is 7.11 Å². The number of piperidine rings is 1. The number of fused-ring (bicyclic) bond motifs is 1. The third kappa shape index (κ3) is 4.08. The van der Waals surface area contributed by atoms with E-state index in [-0.39, 0.29) is 0 Å². The van der Waals surface area contributed by atoms with Gasteiger partial charge in [0, 0.05) is 39.5 Å². The second-order valence-electron chi connectivity index (χ2n) is 6.74. The van der Waals surface area contributed by atoms with Gasteiger partial charge in [-0.25, -0.2) is 0 Å². The van der Waals surface area contributed by atoms with Gasteiger partial charge in [0.05, 0.1) is 6.61 Å². The molecule has 24 heavy (non-hydrogen) atoms. The van der Waals surface area contributed by atoms with Crippen LogP contribution in [0.25, 0.3) is 0 Å². The van der Waals surface area contributed by atoms with Crippen molar-refractivity contribution in [1.82, 2.24) is 10.2 Å². The number of guanidine groups is 1. The average molecular weight is 330 g/mol. The third-order valence-electron chi connectivity index (χ3n) is 5.22. The van der Waals surface area contributed by atoms with Gasteiger partial charge in [0.1, 0.15) is 0 Å². The number of hydrogen-bond acceptors (Lipinski definition) is 3. The van der Waals surface area contributed by atoms with E-state index in [0.29, 0.717) is 0 Å². The predicted molar refractivity (Wildman–Crippen MR) is 99.9 cm³/mol. The minimum Gasteiger partial charge on any atom is -0.383 e. The summed E-state index contributed by atoms with van der Waals surface area (Å²) in [7, 11) is 3.66. The first-order valence-electron chi connectivity index (χ1n) is 9.09. The number of ether oxygens (including phenoxy) is 1. The molecule has 0 aliphatic carbocycles. The highest BCUT2D eigenvalue weighted by Gasteiger charge is 2.24. The highest BCUT2D eigenvalue weighted by atomic mass is 16.5. The maximum Gasteiger partial charge on any atom is 0.198 e. The number of nitrogens with one attached hydrogen (secondary N) is 1. The van der Waals surface area contributed by atoms with Crippen molar-refractivity contribution < 1.29 is 4.74 Å². The molecule has 1 aromatic carbocycles.